The maximum absolute atomic E-state index is 12.4. The van der Waals surface area contributed by atoms with Crippen LogP contribution < -0.4 is 5.43 Å². The number of amides is 1. The van der Waals surface area contributed by atoms with Crippen molar-refractivity contribution in [2.75, 3.05) is 0 Å². The molecule has 2 rings (SSSR count). The maximum atomic E-state index is 12.4. The zero-order valence-corrected chi connectivity index (χ0v) is 12.9. The van der Waals surface area contributed by atoms with E-state index in [-0.39, 0.29) is 5.56 Å². The van der Waals surface area contributed by atoms with Crippen LogP contribution >= 0.6 is 11.6 Å². The molecule has 0 saturated heterocycles. The third kappa shape index (κ3) is 3.89. The Morgan fingerprint density at radius 3 is 2.43 bits per heavy atom. The predicted octanol–water partition coefficient (Wildman–Crippen LogP) is 3.16. The third-order valence-corrected chi connectivity index (χ3v) is 3.48. The van der Waals surface area contributed by atoms with Gasteiger partial charge in [-0.05, 0) is 31.2 Å². The van der Waals surface area contributed by atoms with Crippen LogP contribution in [0, 0.1) is 6.92 Å². The number of hydrazone groups is 1. The number of rotatable bonds is 3. The van der Waals surface area contributed by atoms with E-state index < -0.39 is 17.6 Å². The summed E-state index contributed by atoms with van der Waals surface area (Å²) in [4.78, 5) is 11.8. The SMILES string of the molecule is Cc1nn(C)c(Cl)c1/C=N\NC(=O)c1ccc(C(F)(F)F)cc1. The zero-order chi connectivity index (χ0) is 17.2. The van der Waals surface area contributed by atoms with Gasteiger partial charge in [0.05, 0.1) is 23.0 Å². The van der Waals surface area contributed by atoms with E-state index in [1.807, 2.05) is 0 Å². The van der Waals surface area contributed by atoms with Crippen molar-refractivity contribution in [1.29, 1.82) is 0 Å². The first-order valence-corrected chi connectivity index (χ1v) is 6.77. The summed E-state index contributed by atoms with van der Waals surface area (Å²) in [7, 11) is 1.66. The second-order valence-electron chi connectivity index (χ2n) is 4.69. The molecule has 0 aliphatic carbocycles. The fourth-order valence-electron chi connectivity index (χ4n) is 1.82. The molecule has 0 fully saturated rings. The predicted molar refractivity (Wildman–Crippen MR) is 79.5 cm³/mol. The van der Waals surface area contributed by atoms with Crippen molar-refractivity contribution >= 4 is 23.7 Å². The van der Waals surface area contributed by atoms with E-state index in [4.69, 9.17) is 11.6 Å². The first-order chi connectivity index (χ1) is 10.7. The van der Waals surface area contributed by atoms with Crippen molar-refractivity contribution < 1.29 is 18.0 Å². The van der Waals surface area contributed by atoms with Crippen molar-refractivity contribution in [3.05, 3.63) is 51.8 Å². The van der Waals surface area contributed by atoms with E-state index >= 15 is 0 Å². The molecule has 2 aromatic rings. The summed E-state index contributed by atoms with van der Waals surface area (Å²) < 4.78 is 38.8. The van der Waals surface area contributed by atoms with Crippen LogP contribution in [0.2, 0.25) is 5.15 Å². The van der Waals surface area contributed by atoms with Crippen LogP contribution in [0.4, 0.5) is 13.2 Å². The molecule has 1 N–H and O–H groups in total. The Balaban J connectivity index is 2.06. The lowest BCUT2D eigenvalue weighted by atomic mass is 10.1. The number of halogens is 4. The number of nitrogens with zero attached hydrogens (tertiary/aromatic N) is 3. The molecule has 0 aliphatic heterocycles. The highest BCUT2D eigenvalue weighted by molar-refractivity contribution is 6.32. The number of aryl methyl sites for hydroxylation is 2. The molecule has 0 unspecified atom stereocenters. The molecule has 0 radical (unpaired) electrons. The average Bonchev–Trinajstić information content (AvgIpc) is 2.72. The van der Waals surface area contributed by atoms with E-state index in [9.17, 15) is 18.0 Å². The van der Waals surface area contributed by atoms with Crippen molar-refractivity contribution in [3.8, 4) is 0 Å². The summed E-state index contributed by atoms with van der Waals surface area (Å²) in [6, 6.07) is 3.83. The summed E-state index contributed by atoms with van der Waals surface area (Å²) in [6.07, 6.45) is -3.12. The lowest BCUT2D eigenvalue weighted by molar-refractivity contribution is -0.137. The normalized spacial score (nSPS) is 11.9. The monoisotopic (exact) mass is 344 g/mol. The molecule has 23 heavy (non-hydrogen) atoms. The van der Waals surface area contributed by atoms with Gasteiger partial charge in [0.25, 0.3) is 5.91 Å². The number of carbonyl (C=O) groups excluding carboxylic acids is 1. The van der Waals surface area contributed by atoms with Crippen LogP contribution in [-0.4, -0.2) is 21.9 Å². The lowest BCUT2D eigenvalue weighted by Gasteiger charge is -2.06. The van der Waals surface area contributed by atoms with Gasteiger partial charge in [-0.25, -0.2) is 5.43 Å². The molecular formula is C14H12ClF3N4O. The first-order valence-electron chi connectivity index (χ1n) is 6.40. The lowest BCUT2D eigenvalue weighted by Crippen LogP contribution is -2.18. The van der Waals surface area contributed by atoms with Gasteiger partial charge in [-0.2, -0.15) is 23.4 Å². The van der Waals surface area contributed by atoms with E-state index in [2.05, 4.69) is 15.6 Å². The minimum atomic E-state index is -4.44. The number of aromatic nitrogens is 2. The van der Waals surface area contributed by atoms with Gasteiger partial charge in [-0.3, -0.25) is 9.48 Å². The highest BCUT2D eigenvalue weighted by Crippen LogP contribution is 2.29. The molecule has 0 aliphatic rings. The molecule has 1 aromatic carbocycles. The summed E-state index contributed by atoms with van der Waals surface area (Å²) in [6.45, 7) is 1.73. The minimum Gasteiger partial charge on any atom is -0.267 e. The van der Waals surface area contributed by atoms with Gasteiger partial charge in [0.15, 0.2) is 0 Å². The number of alkyl halides is 3. The van der Waals surface area contributed by atoms with Crippen molar-refractivity contribution in [1.82, 2.24) is 15.2 Å². The van der Waals surface area contributed by atoms with Gasteiger partial charge in [-0.15, -0.1) is 0 Å². The molecule has 9 heteroatoms. The van der Waals surface area contributed by atoms with Crippen molar-refractivity contribution in [2.24, 2.45) is 12.1 Å². The molecule has 1 aromatic heterocycles. The highest BCUT2D eigenvalue weighted by atomic mass is 35.5. The Bertz CT molecular complexity index is 751. The van der Waals surface area contributed by atoms with Crippen LogP contribution in [0.1, 0.15) is 27.2 Å². The Kier molecular flexibility index (Phi) is 4.74. The second kappa shape index (κ2) is 6.41. The summed E-state index contributed by atoms with van der Waals surface area (Å²) in [5, 5.41) is 8.17. The number of benzene rings is 1. The molecule has 1 heterocycles. The van der Waals surface area contributed by atoms with Crippen LogP contribution in [0.5, 0.6) is 0 Å². The van der Waals surface area contributed by atoms with Gasteiger partial charge >= 0.3 is 6.18 Å². The maximum Gasteiger partial charge on any atom is 0.416 e. The Labute approximate surface area is 134 Å². The Morgan fingerprint density at radius 1 is 1.35 bits per heavy atom. The molecule has 122 valence electrons. The number of hydrogen-bond donors (Lipinski definition) is 1. The average molecular weight is 345 g/mol. The molecule has 0 atom stereocenters. The number of carbonyl (C=O) groups is 1. The highest BCUT2D eigenvalue weighted by Gasteiger charge is 2.30. The van der Waals surface area contributed by atoms with Gasteiger partial charge in [0, 0.05) is 12.6 Å². The Hall–Kier alpha value is -2.35. The van der Waals surface area contributed by atoms with E-state index in [0.717, 1.165) is 24.3 Å². The van der Waals surface area contributed by atoms with E-state index in [0.29, 0.717) is 16.4 Å². The largest absolute Gasteiger partial charge is 0.416 e. The summed E-state index contributed by atoms with van der Waals surface area (Å²) >= 11 is 6.00. The van der Waals surface area contributed by atoms with E-state index in [1.54, 1.807) is 14.0 Å². The van der Waals surface area contributed by atoms with Gasteiger partial charge in [0.1, 0.15) is 5.15 Å². The number of nitrogens with one attached hydrogen (secondary N) is 1. The first kappa shape index (κ1) is 17.0. The molecular weight excluding hydrogens is 333 g/mol. The number of hydrogen-bond acceptors (Lipinski definition) is 3. The van der Waals surface area contributed by atoms with Gasteiger partial charge in [0.2, 0.25) is 0 Å². The quantitative estimate of drug-likeness (QED) is 0.687. The van der Waals surface area contributed by atoms with Gasteiger partial charge in [-0.1, -0.05) is 11.6 Å². The fourth-order valence-corrected chi connectivity index (χ4v) is 2.05. The second-order valence-corrected chi connectivity index (χ2v) is 5.05. The molecule has 5 nitrogen and oxygen atoms in total. The molecule has 1 amide bonds. The Morgan fingerprint density at radius 2 is 1.96 bits per heavy atom. The third-order valence-electron chi connectivity index (χ3n) is 3.03. The molecule has 0 bridgehead atoms. The smallest absolute Gasteiger partial charge is 0.267 e. The fraction of sp³-hybridized carbons (Fsp3) is 0.214. The van der Waals surface area contributed by atoms with E-state index in [1.165, 1.54) is 10.9 Å². The zero-order valence-electron chi connectivity index (χ0n) is 12.1. The van der Waals surface area contributed by atoms with Crippen LogP contribution in [0.25, 0.3) is 0 Å². The van der Waals surface area contributed by atoms with Crippen LogP contribution in [-0.2, 0) is 13.2 Å². The van der Waals surface area contributed by atoms with Crippen LogP contribution in [0.15, 0.2) is 29.4 Å². The standard InChI is InChI=1S/C14H12ClF3N4O/c1-8-11(12(15)22(2)21-8)7-19-20-13(23)9-3-5-10(6-4-9)14(16,17)18/h3-7H,1-2H3,(H,20,23)/b19-7-. The van der Waals surface area contributed by atoms with Gasteiger partial charge < -0.3 is 0 Å². The molecule has 0 saturated carbocycles. The topological polar surface area (TPSA) is 59.3 Å². The van der Waals surface area contributed by atoms with Crippen LogP contribution in [0.3, 0.4) is 0 Å². The summed E-state index contributed by atoms with van der Waals surface area (Å²) in [5.41, 5.74) is 2.63. The minimum absolute atomic E-state index is 0.0594. The summed E-state index contributed by atoms with van der Waals surface area (Å²) in [5.74, 6) is -0.632. The molecule has 0 spiro atoms. The van der Waals surface area contributed by atoms with Crippen molar-refractivity contribution in [3.63, 3.8) is 0 Å². The van der Waals surface area contributed by atoms with Crippen molar-refractivity contribution in [2.45, 2.75) is 13.1 Å².